The van der Waals surface area contributed by atoms with Crippen LogP contribution in [0, 0.1) is 22.0 Å². The van der Waals surface area contributed by atoms with Crippen molar-refractivity contribution in [2.24, 2.45) is 11.8 Å². The number of hydrogen-bond donors (Lipinski definition) is 2. The van der Waals surface area contributed by atoms with Crippen LogP contribution in [-0.4, -0.2) is 39.2 Å². The molecule has 1 saturated heterocycles. The number of rotatable bonds is 2. The van der Waals surface area contributed by atoms with Crippen molar-refractivity contribution in [1.82, 2.24) is 9.97 Å². The number of nitrogens with zero attached hydrogens (tertiary/aromatic N) is 3. The smallest absolute Gasteiger partial charge is 0.271 e. The number of nitro benzene ring substituents is 1. The fraction of sp³-hybridized carbons (Fsp3) is 0.500. The molecule has 1 aliphatic heterocycles. The number of anilines is 1. The van der Waals surface area contributed by atoms with Gasteiger partial charge in [-0.3, -0.25) is 10.1 Å². The van der Waals surface area contributed by atoms with Gasteiger partial charge >= 0.3 is 0 Å². The van der Waals surface area contributed by atoms with E-state index in [4.69, 9.17) is 0 Å². The van der Waals surface area contributed by atoms with Crippen LogP contribution < -0.4 is 4.90 Å². The SMILES string of the molecule is O=[N+]([O-])c1ccc2nc(N3CC4CCC(O)C4C3)[nH]c2c1. The van der Waals surface area contributed by atoms with Crippen LogP contribution in [0.1, 0.15) is 12.8 Å². The molecule has 3 atom stereocenters. The molecule has 3 unspecified atom stereocenters. The summed E-state index contributed by atoms with van der Waals surface area (Å²) >= 11 is 0. The van der Waals surface area contributed by atoms with Crippen molar-refractivity contribution in [3.8, 4) is 0 Å². The van der Waals surface area contributed by atoms with Gasteiger partial charge in [0.1, 0.15) is 0 Å². The summed E-state index contributed by atoms with van der Waals surface area (Å²) in [5.41, 5.74) is 1.47. The molecule has 0 radical (unpaired) electrons. The molecule has 2 aliphatic rings. The highest BCUT2D eigenvalue weighted by atomic mass is 16.6. The Labute approximate surface area is 120 Å². The number of benzene rings is 1. The van der Waals surface area contributed by atoms with E-state index in [0.29, 0.717) is 17.4 Å². The lowest BCUT2D eigenvalue weighted by Gasteiger charge is -2.16. The van der Waals surface area contributed by atoms with Gasteiger partial charge in [0.15, 0.2) is 0 Å². The average molecular weight is 288 g/mol. The number of imidazole rings is 1. The number of nitro groups is 1. The number of fused-ring (bicyclic) bond motifs is 2. The molecule has 2 aromatic rings. The lowest BCUT2D eigenvalue weighted by molar-refractivity contribution is -0.384. The van der Waals surface area contributed by atoms with Gasteiger partial charge in [0, 0.05) is 31.1 Å². The Hall–Kier alpha value is -2.15. The summed E-state index contributed by atoms with van der Waals surface area (Å²) < 4.78 is 0. The first kappa shape index (κ1) is 12.6. The van der Waals surface area contributed by atoms with E-state index in [1.54, 1.807) is 6.07 Å². The van der Waals surface area contributed by atoms with Gasteiger partial charge in [0.05, 0.1) is 22.1 Å². The predicted octanol–water partition coefficient (Wildman–Crippen LogP) is 1.68. The second kappa shape index (κ2) is 4.42. The van der Waals surface area contributed by atoms with Gasteiger partial charge in [-0.2, -0.15) is 0 Å². The number of non-ortho nitro benzene ring substituents is 1. The summed E-state index contributed by atoms with van der Waals surface area (Å²) in [6.07, 6.45) is 1.76. The molecule has 1 aromatic carbocycles. The van der Waals surface area contributed by atoms with Crippen molar-refractivity contribution in [3.05, 3.63) is 28.3 Å². The Kier molecular flexibility index (Phi) is 2.65. The van der Waals surface area contributed by atoms with Crippen LogP contribution in [0.25, 0.3) is 11.0 Å². The third kappa shape index (κ3) is 1.96. The normalized spacial score (nSPS) is 28.2. The Bertz CT molecular complexity index is 713. The van der Waals surface area contributed by atoms with E-state index in [-0.39, 0.29) is 11.8 Å². The van der Waals surface area contributed by atoms with Crippen LogP contribution in [0.3, 0.4) is 0 Å². The zero-order valence-corrected chi connectivity index (χ0v) is 11.4. The maximum atomic E-state index is 10.8. The highest BCUT2D eigenvalue weighted by molar-refractivity contribution is 5.80. The minimum atomic E-state index is -0.406. The molecule has 21 heavy (non-hydrogen) atoms. The molecule has 2 fully saturated rings. The third-order valence-corrected chi connectivity index (χ3v) is 4.78. The van der Waals surface area contributed by atoms with Crippen molar-refractivity contribution in [3.63, 3.8) is 0 Å². The molecule has 110 valence electrons. The standard InChI is InChI=1S/C14H16N4O3/c19-13-4-1-8-6-17(7-10(8)13)14-15-11-3-2-9(18(20)21)5-12(11)16-14/h2-3,5,8,10,13,19H,1,4,6-7H2,(H,15,16). The lowest BCUT2D eigenvalue weighted by atomic mass is 10.00. The molecule has 1 saturated carbocycles. The average Bonchev–Trinajstić information content (AvgIpc) is 3.13. The Morgan fingerprint density at radius 3 is 3.00 bits per heavy atom. The summed E-state index contributed by atoms with van der Waals surface area (Å²) in [6.45, 7) is 1.69. The summed E-state index contributed by atoms with van der Waals surface area (Å²) in [5, 5.41) is 20.8. The van der Waals surface area contributed by atoms with Gasteiger partial charge in [0.2, 0.25) is 5.95 Å². The van der Waals surface area contributed by atoms with E-state index < -0.39 is 4.92 Å². The highest BCUT2D eigenvalue weighted by Crippen LogP contribution is 2.39. The van der Waals surface area contributed by atoms with E-state index in [2.05, 4.69) is 14.9 Å². The number of aliphatic hydroxyl groups excluding tert-OH is 1. The largest absolute Gasteiger partial charge is 0.393 e. The van der Waals surface area contributed by atoms with E-state index in [9.17, 15) is 15.2 Å². The monoisotopic (exact) mass is 288 g/mol. The second-order valence-electron chi connectivity index (χ2n) is 5.99. The Morgan fingerprint density at radius 1 is 1.38 bits per heavy atom. The van der Waals surface area contributed by atoms with E-state index in [0.717, 1.165) is 37.4 Å². The maximum absolute atomic E-state index is 10.8. The summed E-state index contributed by atoms with van der Waals surface area (Å²) in [5.74, 6) is 1.60. The number of H-pyrrole nitrogens is 1. The first-order valence-corrected chi connectivity index (χ1v) is 7.19. The lowest BCUT2D eigenvalue weighted by Crippen LogP contribution is -2.25. The molecule has 0 bridgehead atoms. The van der Waals surface area contributed by atoms with Gasteiger partial charge in [-0.05, 0) is 24.8 Å². The molecule has 4 rings (SSSR count). The van der Waals surface area contributed by atoms with Crippen LogP contribution >= 0.6 is 0 Å². The molecule has 7 heteroatoms. The van der Waals surface area contributed by atoms with Crippen LogP contribution in [0.5, 0.6) is 0 Å². The number of aliphatic hydroxyl groups is 1. The van der Waals surface area contributed by atoms with Crippen LogP contribution in [0.15, 0.2) is 18.2 Å². The molecule has 7 nitrogen and oxygen atoms in total. The number of aromatic amines is 1. The second-order valence-corrected chi connectivity index (χ2v) is 5.99. The Morgan fingerprint density at radius 2 is 2.24 bits per heavy atom. The molecule has 0 amide bonds. The number of aromatic nitrogens is 2. The van der Waals surface area contributed by atoms with Crippen molar-refractivity contribution in [1.29, 1.82) is 0 Å². The highest BCUT2D eigenvalue weighted by Gasteiger charge is 2.42. The first-order chi connectivity index (χ1) is 10.1. The topological polar surface area (TPSA) is 95.3 Å². The Balaban J connectivity index is 1.64. The minimum absolute atomic E-state index is 0.0615. The first-order valence-electron chi connectivity index (χ1n) is 7.19. The fourth-order valence-electron chi connectivity index (χ4n) is 3.66. The van der Waals surface area contributed by atoms with Crippen molar-refractivity contribution in [2.75, 3.05) is 18.0 Å². The summed E-state index contributed by atoms with van der Waals surface area (Å²) in [4.78, 5) is 20.2. The predicted molar refractivity (Wildman–Crippen MR) is 77.2 cm³/mol. The molecule has 1 aromatic heterocycles. The van der Waals surface area contributed by atoms with E-state index in [1.165, 1.54) is 12.1 Å². The zero-order valence-electron chi connectivity index (χ0n) is 11.4. The zero-order chi connectivity index (χ0) is 14.6. The van der Waals surface area contributed by atoms with Crippen LogP contribution in [-0.2, 0) is 0 Å². The fourth-order valence-corrected chi connectivity index (χ4v) is 3.66. The van der Waals surface area contributed by atoms with Gasteiger partial charge < -0.3 is 15.0 Å². The molecule has 2 heterocycles. The minimum Gasteiger partial charge on any atom is -0.393 e. The van der Waals surface area contributed by atoms with Crippen LogP contribution in [0.2, 0.25) is 0 Å². The number of hydrogen-bond acceptors (Lipinski definition) is 5. The molecule has 2 N–H and O–H groups in total. The number of nitrogens with one attached hydrogen (secondary N) is 1. The van der Waals surface area contributed by atoms with Crippen molar-refractivity contribution in [2.45, 2.75) is 18.9 Å². The third-order valence-electron chi connectivity index (χ3n) is 4.78. The van der Waals surface area contributed by atoms with E-state index >= 15 is 0 Å². The quantitative estimate of drug-likeness (QED) is 0.647. The molecule has 1 aliphatic carbocycles. The van der Waals surface area contributed by atoms with Gasteiger partial charge in [0.25, 0.3) is 5.69 Å². The van der Waals surface area contributed by atoms with E-state index in [1.807, 2.05) is 0 Å². The summed E-state index contributed by atoms with van der Waals surface area (Å²) in [7, 11) is 0. The maximum Gasteiger partial charge on any atom is 0.271 e. The van der Waals surface area contributed by atoms with Crippen molar-refractivity contribution >= 4 is 22.7 Å². The van der Waals surface area contributed by atoms with Gasteiger partial charge in [-0.25, -0.2) is 4.98 Å². The van der Waals surface area contributed by atoms with Gasteiger partial charge in [-0.15, -0.1) is 0 Å². The van der Waals surface area contributed by atoms with Crippen LogP contribution in [0.4, 0.5) is 11.6 Å². The molecule has 0 spiro atoms. The molecular weight excluding hydrogens is 272 g/mol. The molecular formula is C14H16N4O3. The van der Waals surface area contributed by atoms with Crippen molar-refractivity contribution < 1.29 is 10.0 Å². The summed E-state index contributed by atoms with van der Waals surface area (Å²) in [6, 6.07) is 4.65. The van der Waals surface area contributed by atoms with Gasteiger partial charge in [-0.1, -0.05) is 0 Å².